The van der Waals surface area contributed by atoms with Gasteiger partial charge in [-0.1, -0.05) is 31.4 Å². The van der Waals surface area contributed by atoms with Crippen molar-refractivity contribution in [1.29, 1.82) is 0 Å². The summed E-state index contributed by atoms with van der Waals surface area (Å²) in [5.41, 5.74) is 0. The Morgan fingerprint density at radius 1 is 1.35 bits per heavy atom. The van der Waals surface area contributed by atoms with Gasteiger partial charge >= 0.3 is 5.97 Å². The smallest absolute Gasteiger partial charge is 0.314 e. The largest absolute Gasteiger partial charge is 0.426 e. The number of esters is 1. The highest BCUT2D eigenvalue weighted by Crippen LogP contribution is 2.32. The number of halogens is 2. The van der Waals surface area contributed by atoms with Crippen LogP contribution >= 0.6 is 11.6 Å². The van der Waals surface area contributed by atoms with E-state index in [1.807, 2.05) is 0 Å². The summed E-state index contributed by atoms with van der Waals surface area (Å²) in [6.07, 6.45) is 6.36. The van der Waals surface area contributed by atoms with Gasteiger partial charge in [0.2, 0.25) is 0 Å². The average molecular weight is 299 g/mol. The van der Waals surface area contributed by atoms with E-state index in [1.54, 1.807) is 0 Å². The van der Waals surface area contributed by atoms with Crippen molar-refractivity contribution in [3.8, 4) is 5.75 Å². The molecule has 1 aliphatic carbocycles. The van der Waals surface area contributed by atoms with Gasteiger partial charge in [0.1, 0.15) is 11.6 Å². The van der Waals surface area contributed by atoms with E-state index in [4.69, 9.17) is 16.3 Å². The van der Waals surface area contributed by atoms with Gasteiger partial charge in [0, 0.05) is 6.07 Å². The minimum atomic E-state index is -0.566. The van der Waals surface area contributed by atoms with E-state index in [2.05, 4.69) is 6.92 Å². The maximum atomic E-state index is 13.3. The van der Waals surface area contributed by atoms with Crippen molar-refractivity contribution < 1.29 is 13.9 Å². The number of rotatable bonds is 4. The highest BCUT2D eigenvalue weighted by molar-refractivity contribution is 6.30. The second kappa shape index (κ2) is 7.07. The Morgan fingerprint density at radius 2 is 2.05 bits per heavy atom. The summed E-state index contributed by atoms with van der Waals surface area (Å²) in [4.78, 5) is 12.1. The number of carbonyl (C=O) groups is 1. The lowest BCUT2D eigenvalue weighted by Gasteiger charge is -2.26. The van der Waals surface area contributed by atoms with Gasteiger partial charge in [0.25, 0.3) is 0 Å². The van der Waals surface area contributed by atoms with Crippen molar-refractivity contribution in [3.63, 3.8) is 0 Å². The second-order valence-corrected chi connectivity index (χ2v) is 5.91. The van der Waals surface area contributed by atoms with Crippen LogP contribution in [0.5, 0.6) is 5.75 Å². The first-order valence-electron chi connectivity index (χ1n) is 7.27. The normalized spacial score (nSPS) is 22.6. The molecular formula is C16H20ClFO2. The van der Waals surface area contributed by atoms with E-state index in [1.165, 1.54) is 25.0 Å². The third-order valence-electron chi connectivity index (χ3n) is 3.99. The Labute approximate surface area is 124 Å². The highest BCUT2D eigenvalue weighted by atomic mass is 35.5. The van der Waals surface area contributed by atoms with E-state index in [0.29, 0.717) is 0 Å². The number of carbonyl (C=O) groups excluding carboxylic acids is 1. The first-order chi connectivity index (χ1) is 9.60. The second-order valence-electron chi connectivity index (χ2n) is 5.50. The van der Waals surface area contributed by atoms with E-state index in [9.17, 15) is 9.18 Å². The van der Waals surface area contributed by atoms with Gasteiger partial charge in [-0.15, -0.1) is 0 Å². The first kappa shape index (κ1) is 15.3. The zero-order valence-electron chi connectivity index (χ0n) is 11.7. The van der Waals surface area contributed by atoms with Crippen molar-refractivity contribution in [3.05, 3.63) is 29.0 Å². The maximum absolute atomic E-state index is 13.3. The van der Waals surface area contributed by atoms with Gasteiger partial charge in [0.05, 0.1) is 10.9 Å². The zero-order valence-corrected chi connectivity index (χ0v) is 12.5. The van der Waals surface area contributed by atoms with Crippen LogP contribution in [0.15, 0.2) is 18.2 Å². The topological polar surface area (TPSA) is 26.3 Å². The molecule has 0 N–H and O–H groups in total. The Hall–Kier alpha value is -1.09. The van der Waals surface area contributed by atoms with Crippen LogP contribution in [-0.4, -0.2) is 5.97 Å². The van der Waals surface area contributed by atoms with Crippen molar-refractivity contribution >= 4 is 17.6 Å². The summed E-state index contributed by atoms with van der Waals surface area (Å²) < 4.78 is 18.5. The van der Waals surface area contributed by atoms with Gasteiger partial charge in [-0.25, -0.2) is 4.39 Å². The van der Waals surface area contributed by atoms with Gasteiger partial charge in [0.15, 0.2) is 0 Å². The molecule has 2 nitrogen and oxygen atoms in total. The Balaban J connectivity index is 1.88. The summed E-state index contributed by atoms with van der Waals surface area (Å²) >= 11 is 5.60. The van der Waals surface area contributed by atoms with Gasteiger partial charge in [-0.3, -0.25) is 4.79 Å². The molecule has 1 fully saturated rings. The molecule has 0 heterocycles. The van der Waals surface area contributed by atoms with Crippen LogP contribution in [0, 0.1) is 17.7 Å². The molecule has 0 atom stereocenters. The summed E-state index contributed by atoms with van der Waals surface area (Å²) in [5.74, 6) is 0.108. The number of benzene rings is 1. The number of hydrogen-bond acceptors (Lipinski definition) is 2. The first-order valence-corrected chi connectivity index (χ1v) is 7.64. The molecule has 0 radical (unpaired) electrons. The molecule has 4 heteroatoms. The van der Waals surface area contributed by atoms with Crippen LogP contribution in [0.2, 0.25) is 5.02 Å². The Bertz CT molecular complexity index is 468. The van der Waals surface area contributed by atoms with Crippen molar-refractivity contribution in [1.82, 2.24) is 0 Å². The molecule has 110 valence electrons. The monoisotopic (exact) mass is 298 g/mol. The molecular weight excluding hydrogens is 279 g/mol. The molecule has 20 heavy (non-hydrogen) atoms. The van der Waals surface area contributed by atoms with E-state index < -0.39 is 5.82 Å². The minimum absolute atomic E-state index is 0.0323. The van der Waals surface area contributed by atoms with E-state index >= 15 is 0 Å². The fraction of sp³-hybridized carbons (Fsp3) is 0.562. The highest BCUT2D eigenvalue weighted by Gasteiger charge is 2.27. The number of ether oxygens (including phenoxy) is 1. The summed E-state index contributed by atoms with van der Waals surface area (Å²) in [6.45, 7) is 2.19. The average Bonchev–Trinajstić information content (AvgIpc) is 2.44. The van der Waals surface area contributed by atoms with Crippen molar-refractivity contribution in [2.75, 3.05) is 0 Å². The molecule has 0 unspecified atom stereocenters. The quantitative estimate of drug-likeness (QED) is 0.578. The SMILES string of the molecule is CCC[C@H]1CC[C@H](C(=O)Oc2ccc(Cl)c(F)c2)CC1. The van der Waals surface area contributed by atoms with Crippen LogP contribution in [0.1, 0.15) is 45.4 Å². The van der Waals surface area contributed by atoms with E-state index in [0.717, 1.165) is 37.7 Å². The molecule has 0 aliphatic heterocycles. The predicted octanol–water partition coefficient (Wildman–Crippen LogP) is 4.99. The van der Waals surface area contributed by atoms with Gasteiger partial charge < -0.3 is 4.74 Å². The molecule has 2 rings (SSSR count). The number of hydrogen-bond donors (Lipinski definition) is 0. The summed E-state index contributed by atoms with van der Waals surface area (Å²) in [7, 11) is 0. The van der Waals surface area contributed by atoms with Crippen LogP contribution in [0.25, 0.3) is 0 Å². The zero-order chi connectivity index (χ0) is 14.5. The van der Waals surface area contributed by atoms with Gasteiger partial charge in [-0.2, -0.15) is 0 Å². The molecule has 1 aromatic carbocycles. The predicted molar refractivity (Wildman–Crippen MR) is 77.4 cm³/mol. The molecule has 0 saturated heterocycles. The van der Waals surface area contributed by atoms with Crippen LogP contribution in [0.3, 0.4) is 0 Å². The van der Waals surface area contributed by atoms with E-state index in [-0.39, 0.29) is 22.7 Å². The van der Waals surface area contributed by atoms with Gasteiger partial charge in [-0.05, 0) is 43.7 Å². The third-order valence-corrected chi connectivity index (χ3v) is 4.29. The maximum Gasteiger partial charge on any atom is 0.314 e. The molecule has 0 bridgehead atoms. The lowest BCUT2D eigenvalue weighted by molar-refractivity contribution is -0.140. The summed E-state index contributed by atoms with van der Waals surface area (Å²) in [5, 5.41) is 0.0323. The molecule has 0 aromatic heterocycles. The Morgan fingerprint density at radius 3 is 2.65 bits per heavy atom. The standard InChI is InChI=1S/C16H20ClFO2/c1-2-3-11-4-6-12(7-5-11)16(19)20-13-8-9-14(17)15(18)10-13/h8-12H,2-7H2,1H3/t11-,12-. The molecule has 1 saturated carbocycles. The molecule has 0 amide bonds. The lowest BCUT2D eigenvalue weighted by Crippen LogP contribution is -2.25. The Kier molecular flexibility index (Phi) is 5.41. The van der Waals surface area contributed by atoms with Crippen LogP contribution in [0.4, 0.5) is 4.39 Å². The molecule has 1 aromatic rings. The molecule has 0 spiro atoms. The summed E-state index contributed by atoms with van der Waals surface area (Å²) in [6, 6.07) is 4.08. The van der Waals surface area contributed by atoms with Crippen LogP contribution < -0.4 is 4.74 Å². The van der Waals surface area contributed by atoms with Crippen molar-refractivity contribution in [2.45, 2.75) is 45.4 Å². The molecule has 1 aliphatic rings. The lowest BCUT2D eigenvalue weighted by atomic mass is 9.80. The van der Waals surface area contributed by atoms with Crippen LogP contribution in [-0.2, 0) is 4.79 Å². The third kappa shape index (κ3) is 3.95. The van der Waals surface area contributed by atoms with Crippen molar-refractivity contribution in [2.24, 2.45) is 11.8 Å². The fourth-order valence-corrected chi connectivity index (χ4v) is 2.95. The fourth-order valence-electron chi connectivity index (χ4n) is 2.83. The minimum Gasteiger partial charge on any atom is -0.426 e.